The van der Waals surface area contributed by atoms with Crippen LogP contribution < -0.4 is 0 Å². The first-order chi connectivity index (χ1) is 7.43. The van der Waals surface area contributed by atoms with E-state index in [1.165, 1.54) is 16.0 Å². The van der Waals surface area contributed by atoms with E-state index in [4.69, 9.17) is 0 Å². The van der Waals surface area contributed by atoms with E-state index in [1.807, 2.05) is 24.0 Å². The number of nitrogens with zero attached hydrogens (tertiary/aromatic N) is 2. The van der Waals surface area contributed by atoms with Gasteiger partial charge in [0.25, 0.3) is 0 Å². The van der Waals surface area contributed by atoms with Gasteiger partial charge in [0.1, 0.15) is 0 Å². The molecule has 0 amide bonds. The highest BCUT2D eigenvalue weighted by atomic mass is 32.2. The maximum atomic E-state index is 4.47. The van der Waals surface area contributed by atoms with Crippen LogP contribution in [0.2, 0.25) is 0 Å². The summed E-state index contributed by atoms with van der Waals surface area (Å²) in [5, 5.41) is 2.35. The Labute approximate surface area is 92.4 Å². The van der Waals surface area contributed by atoms with Crippen molar-refractivity contribution in [1.29, 1.82) is 0 Å². The Hall–Kier alpha value is -1.35. The Morgan fingerprint density at radius 2 is 2.20 bits per heavy atom. The van der Waals surface area contributed by atoms with Crippen molar-refractivity contribution < 1.29 is 0 Å². The molecule has 0 spiro atoms. The normalized spacial score (nSPS) is 15.6. The SMILES string of the molecule is c1cnc2ccc(C3=NCCS3)cc2c1. The fraction of sp³-hybridized carbons (Fsp3) is 0.167. The Bertz CT molecular complexity index is 534. The van der Waals surface area contributed by atoms with Crippen molar-refractivity contribution in [2.24, 2.45) is 4.99 Å². The molecular weight excluding hydrogens is 204 g/mol. The Morgan fingerprint density at radius 3 is 3.07 bits per heavy atom. The smallest absolute Gasteiger partial charge is 0.0978 e. The van der Waals surface area contributed by atoms with E-state index in [9.17, 15) is 0 Å². The predicted molar refractivity (Wildman–Crippen MR) is 65.6 cm³/mol. The van der Waals surface area contributed by atoms with E-state index in [-0.39, 0.29) is 0 Å². The minimum Gasteiger partial charge on any atom is -0.277 e. The third kappa shape index (κ3) is 1.63. The highest BCUT2D eigenvalue weighted by molar-refractivity contribution is 8.14. The number of hydrogen-bond acceptors (Lipinski definition) is 3. The molecule has 0 saturated heterocycles. The summed E-state index contributed by atoms with van der Waals surface area (Å²) in [4.78, 5) is 8.77. The van der Waals surface area contributed by atoms with Crippen LogP contribution in [0.15, 0.2) is 41.5 Å². The van der Waals surface area contributed by atoms with Crippen LogP contribution in [0.3, 0.4) is 0 Å². The lowest BCUT2D eigenvalue weighted by Crippen LogP contribution is -1.91. The summed E-state index contributed by atoms with van der Waals surface area (Å²) in [7, 11) is 0. The molecule has 74 valence electrons. The van der Waals surface area contributed by atoms with Gasteiger partial charge in [-0.25, -0.2) is 0 Å². The van der Waals surface area contributed by atoms with Crippen molar-refractivity contribution in [2.75, 3.05) is 12.3 Å². The lowest BCUT2D eigenvalue weighted by Gasteiger charge is -2.01. The molecule has 15 heavy (non-hydrogen) atoms. The summed E-state index contributed by atoms with van der Waals surface area (Å²) in [6.45, 7) is 0.949. The molecular formula is C12H10N2S. The molecule has 3 heteroatoms. The molecule has 0 bridgehead atoms. The van der Waals surface area contributed by atoms with Crippen LogP contribution in [0, 0.1) is 0 Å². The van der Waals surface area contributed by atoms with Crippen LogP contribution in [0.5, 0.6) is 0 Å². The summed E-state index contributed by atoms with van der Waals surface area (Å²) in [5.41, 5.74) is 2.27. The topological polar surface area (TPSA) is 25.2 Å². The van der Waals surface area contributed by atoms with Gasteiger partial charge in [-0.2, -0.15) is 0 Å². The molecule has 0 aliphatic carbocycles. The van der Waals surface area contributed by atoms with Crippen LogP contribution in [0.25, 0.3) is 10.9 Å². The van der Waals surface area contributed by atoms with Gasteiger partial charge >= 0.3 is 0 Å². The Balaban J connectivity index is 2.13. The summed E-state index contributed by atoms with van der Waals surface area (Å²) < 4.78 is 0. The van der Waals surface area contributed by atoms with Crippen LogP contribution in [0.1, 0.15) is 5.56 Å². The van der Waals surface area contributed by atoms with E-state index in [0.29, 0.717) is 0 Å². The van der Waals surface area contributed by atoms with Crippen molar-refractivity contribution in [3.8, 4) is 0 Å². The van der Waals surface area contributed by atoms with Crippen molar-refractivity contribution in [1.82, 2.24) is 4.98 Å². The number of hydrogen-bond donors (Lipinski definition) is 0. The third-order valence-electron chi connectivity index (χ3n) is 2.44. The second kappa shape index (κ2) is 3.66. The zero-order chi connectivity index (χ0) is 10.1. The third-order valence-corrected chi connectivity index (χ3v) is 3.46. The molecule has 1 aliphatic rings. The van der Waals surface area contributed by atoms with E-state index in [1.54, 1.807) is 0 Å². The first-order valence-electron chi connectivity index (χ1n) is 4.96. The maximum absolute atomic E-state index is 4.47. The monoisotopic (exact) mass is 214 g/mol. The van der Waals surface area contributed by atoms with Gasteiger partial charge < -0.3 is 0 Å². The molecule has 0 N–H and O–H groups in total. The lowest BCUT2D eigenvalue weighted by molar-refractivity contribution is 1.17. The number of rotatable bonds is 1. The zero-order valence-electron chi connectivity index (χ0n) is 8.18. The van der Waals surface area contributed by atoms with Crippen molar-refractivity contribution >= 4 is 27.7 Å². The molecule has 1 aromatic heterocycles. The van der Waals surface area contributed by atoms with Gasteiger partial charge in [0, 0.05) is 29.4 Å². The molecule has 2 heterocycles. The van der Waals surface area contributed by atoms with E-state index >= 15 is 0 Å². The standard InChI is InChI=1S/C12H10N2S/c1-2-9-8-10(12-14-6-7-15-12)3-4-11(9)13-5-1/h1-5,8H,6-7H2. The van der Waals surface area contributed by atoms with Gasteiger partial charge in [0.15, 0.2) is 0 Å². The van der Waals surface area contributed by atoms with Gasteiger partial charge in [-0.15, -0.1) is 11.8 Å². The first-order valence-corrected chi connectivity index (χ1v) is 5.94. The molecule has 0 saturated carbocycles. The quantitative estimate of drug-likeness (QED) is 0.729. The van der Waals surface area contributed by atoms with Crippen LogP contribution in [0.4, 0.5) is 0 Å². The number of fused-ring (bicyclic) bond motifs is 1. The van der Waals surface area contributed by atoms with Crippen LogP contribution >= 0.6 is 11.8 Å². The van der Waals surface area contributed by atoms with Gasteiger partial charge in [0.05, 0.1) is 10.6 Å². The molecule has 2 aromatic rings. The van der Waals surface area contributed by atoms with Crippen molar-refractivity contribution in [3.05, 3.63) is 42.1 Å². The van der Waals surface area contributed by atoms with Crippen molar-refractivity contribution in [2.45, 2.75) is 0 Å². The van der Waals surface area contributed by atoms with E-state index < -0.39 is 0 Å². The maximum Gasteiger partial charge on any atom is 0.0978 e. The molecule has 0 atom stereocenters. The number of benzene rings is 1. The van der Waals surface area contributed by atoms with Crippen LogP contribution in [-0.4, -0.2) is 22.3 Å². The average molecular weight is 214 g/mol. The second-order valence-electron chi connectivity index (χ2n) is 3.45. The molecule has 0 unspecified atom stereocenters. The Kier molecular flexibility index (Phi) is 2.18. The molecule has 1 aliphatic heterocycles. The number of aliphatic imine (C=N–C) groups is 1. The zero-order valence-corrected chi connectivity index (χ0v) is 9.00. The predicted octanol–water partition coefficient (Wildman–Crippen LogP) is 2.73. The largest absolute Gasteiger partial charge is 0.277 e. The highest BCUT2D eigenvalue weighted by Gasteiger charge is 2.09. The van der Waals surface area contributed by atoms with Gasteiger partial charge in [-0.05, 0) is 18.2 Å². The fourth-order valence-electron chi connectivity index (χ4n) is 1.72. The van der Waals surface area contributed by atoms with Gasteiger partial charge in [-0.1, -0.05) is 12.1 Å². The molecule has 3 rings (SSSR count). The molecule has 0 fully saturated rings. The first kappa shape index (κ1) is 8.92. The van der Waals surface area contributed by atoms with Crippen LogP contribution in [-0.2, 0) is 0 Å². The summed E-state index contributed by atoms with van der Waals surface area (Å²) in [6.07, 6.45) is 1.82. The fourth-order valence-corrected chi connectivity index (χ4v) is 2.57. The summed E-state index contributed by atoms with van der Waals surface area (Å²) >= 11 is 1.83. The van der Waals surface area contributed by atoms with E-state index in [2.05, 4.69) is 34.2 Å². The second-order valence-corrected chi connectivity index (χ2v) is 4.53. The molecule has 1 aromatic carbocycles. The van der Waals surface area contributed by atoms with E-state index in [0.717, 1.165) is 17.8 Å². The van der Waals surface area contributed by atoms with Gasteiger partial charge in [0.2, 0.25) is 0 Å². The summed E-state index contributed by atoms with van der Waals surface area (Å²) in [6, 6.07) is 10.4. The number of aromatic nitrogens is 1. The minimum atomic E-state index is 0.949. The van der Waals surface area contributed by atoms with Gasteiger partial charge in [-0.3, -0.25) is 9.98 Å². The minimum absolute atomic E-state index is 0.949. The molecule has 2 nitrogen and oxygen atoms in total. The highest BCUT2D eigenvalue weighted by Crippen LogP contribution is 2.21. The van der Waals surface area contributed by atoms with Crippen molar-refractivity contribution in [3.63, 3.8) is 0 Å². The summed E-state index contributed by atoms with van der Waals surface area (Å²) in [5.74, 6) is 1.11. The number of pyridine rings is 1. The molecule has 0 radical (unpaired) electrons. The Morgan fingerprint density at radius 1 is 1.20 bits per heavy atom. The number of thioether (sulfide) groups is 1. The lowest BCUT2D eigenvalue weighted by atomic mass is 10.1. The average Bonchev–Trinajstić information content (AvgIpc) is 2.82.